The van der Waals surface area contributed by atoms with Crippen LogP contribution in [-0.2, 0) is 13.1 Å². The van der Waals surface area contributed by atoms with Crippen molar-refractivity contribution in [3.63, 3.8) is 0 Å². The van der Waals surface area contributed by atoms with Crippen LogP contribution in [0.3, 0.4) is 0 Å². The van der Waals surface area contributed by atoms with Crippen LogP contribution >= 0.6 is 0 Å². The second-order valence-electron chi connectivity index (χ2n) is 3.73. The summed E-state index contributed by atoms with van der Waals surface area (Å²) < 4.78 is 2.00. The topological polar surface area (TPSA) is 50.1 Å². The summed E-state index contributed by atoms with van der Waals surface area (Å²) >= 11 is 0. The fraction of sp³-hybridized carbons (Fsp3) is 0.417. The van der Waals surface area contributed by atoms with Crippen LogP contribution in [0.15, 0.2) is 24.5 Å². The summed E-state index contributed by atoms with van der Waals surface area (Å²) in [5, 5.41) is 13.5. The lowest BCUT2D eigenvalue weighted by molar-refractivity contribution is 0.277. The highest BCUT2D eigenvalue weighted by atomic mass is 16.3. The molecule has 0 aliphatic carbocycles. The zero-order valence-corrected chi connectivity index (χ0v) is 9.48. The highest BCUT2D eigenvalue weighted by Crippen LogP contribution is 2.18. The van der Waals surface area contributed by atoms with Gasteiger partial charge in [-0.1, -0.05) is 6.92 Å². The van der Waals surface area contributed by atoms with Crippen molar-refractivity contribution >= 4 is 11.0 Å². The number of pyridine rings is 1. The minimum absolute atomic E-state index is 0.140. The molecule has 0 fully saturated rings. The third-order valence-electron chi connectivity index (χ3n) is 2.62. The van der Waals surface area contributed by atoms with Crippen LogP contribution in [0, 0.1) is 0 Å². The fourth-order valence-electron chi connectivity index (χ4n) is 1.87. The van der Waals surface area contributed by atoms with Gasteiger partial charge in [-0.25, -0.2) is 4.98 Å². The lowest BCUT2D eigenvalue weighted by Crippen LogP contribution is -2.11. The number of rotatable bonds is 5. The second-order valence-corrected chi connectivity index (χ2v) is 3.73. The predicted octanol–water partition coefficient (Wildman–Crippen LogP) is 1.14. The Balaban J connectivity index is 2.40. The van der Waals surface area contributed by atoms with Gasteiger partial charge >= 0.3 is 0 Å². The largest absolute Gasteiger partial charge is 0.395 e. The van der Waals surface area contributed by atoms with Gasteiger partial charge in [-0.15, -0.1) is 0 Å². The molecule has 0 bridgehead atoms. The van der Waals surface area contributed by atoms with Crippen LogP contribution in [0.25, 0.3) is 11.0 Å². The molecule has 0 aromatic carbocycles. The molecule has 4 nitrogen and oxygen atoms in total. The maximum absolute atomic E-state index is 9.00. The molecule has 2 heterocycles. The monoisotopic (exact) mass is 219 g/mol. The molecule has 0 atom stereocenters. The number of nitrogens with one attached hydrogen (secondary N) is 1. The minimum atomic E-state index is 0.140. The Hall–Kier alpha value is -1.39. The van der Waals surface area contributed by atoms with Gasteiger partial charge in [0.25, 0.3) is 0 Å². The van der Waals surface area contributed by atoms with Gasteiger partial charge in [-0.05, 0) is 24.2 Å². The zero-order valence-electron chi connectivity index (χ0n) is 9.48. The Bertz CT molecular complexity index is 464. The van der Waals surface area contributed by atoms with Crippen molar-refractivity contribution in [2.45, 2.75) is 20.0 Å². The van der Waals surface area contributed by atoms with E-state index < -0.39 is 0 Å². The molecule has 16 heavy (non-hydrogen) atoms. The molecule has 2 rings (SSSR count). The quantitative estimate of drug-likeness (QED) is 0.792. The van der Waals surface area contributed by atoms with Gasteiger partial charge in [0.2, 0.25) is 0 Å². The van der Waals surface area contributed by atoms with Crippen molar-refractivity contribution in [3.05, 3.63) is 30.1 Å². The van der Waals surface area contributed by atoms with Crippen LogP contribution < -0.4 is 5.32 Å². The lowest BCUT2D eigenvalue weighted by atomic mass is 10.2. The first kappa shape index (κ1) is 11.1. The number of fused-ring (bicyclic) bond motifs is 1. The Labute approximate surface area is 94.9 Å². The van der Waals surface area contributed by atoms with Crippen LogP contribution in [0.4, 0.5) is 0 Å². The van der Waals surface area contributed by atoms with Crippen LogP contribution in [0.2, 0.25) is 0 Å². The highest BCUT2D eigenvalue weighted by molar-refractivity contribution is 5.80. The smallest absolute Gasteiger partial charge is 0.140 e. The zero-order chi connectivity index (χ0) is 11.4. The minimum Gasteiger partial charge on any atom is -0.395 e. The van der Waals surface area contributed by atoms with E-state index in [1.165, 1.54) is 5.56 Å². The summed E-state index contributed by atoms with van der Waals surface area (Å²) in [5.74, 6) is 0. The third kappa shape index (κ3) is 2.08. The molecule has 2 N–H and O–H groups in total. The molecule has 0 aliphatic rings. The number of aliphatic hydroxyl groups is 1. The summed E-state index contributed by atoms with van der Waals surface area (Å²) in [5.41, 5.74) is 2.18. The van der Waals surface area contributed by atoms with E-state index in [1.54, 1.807) is 6.20 Å². The lowest BCUT2D eigenvalue weighted by Gasteiger charge is -1.99. The average Bonchev–Trinajstić information content (AvgIpc) is 2.66. The van der Waals surface area contributed by atoms with Gasteiger partial charge < -0.3 is 15.0 Å². The SMILES string of the molecule is CCNCc1cn(CCO)c2ncccc12. The Morgan fingerprint density at radius 3 is 3.12 bits per heavy atom. The van der Waals surface area contributed by atoms with Gasteiger partial charge in [0.15, 0.2) is 0 Å². The molecule has 0 saturated carbocycles. The van der Waals surface area contributed by atoms with Crippen molar-refractivity contribution in [3.8, 4) is 0 Å². The van der Waals surface area contributed by atoms with Gasteiger partial charge in [0.1, 0.15) is 5.65 Å². The molecule has 0 radical (unpaired) electrons. The maximum atomic E-state index is 9.00. The summed E-state index contributed by atoms with van der Waals surface area (Å²) in [4.78, 5) is 4.35. The molecular formula is C12H17N3O. The van der Waals surface area contributed by atoms with Crippen molar-refractivity contribution in [2.24, 2.45) is 0 Å². The normalized spacial score (nSPS) is 11.1. The fourth-order valence-corrected chi connectivity index (χ4v) is 1.87. The summed E-state index contributed by atoms with van der Waals surface area (Å²) in [6.45, 7) is 4.62. The summed E-state index contributed by atoms with van der Waals surface area (Å²) in [7, 11) is 0. The maximum Gasteiger partial charge on any atom is 0.140 e. The Morgan fingerprint density at radius 1 is 1.50 bits per heavy atom. The molecule has 0 amide bonds. The van der Waals surface area contributed by atoms with E-state index in [2.05, 4.69) is 29.5 Å². The van der Waals surface area contributed by atoms with Gasteiger partial charge in [0, 0.05) is 30.9 Å². The van der Waals surface area contributed by atoms with E-state index in [1.807, 2.05) is 10.6 Å². The number of hydrogen-bond acceptors (Lipinski definition) is 3. The first-order valence-corrected chi connectivity index (χ1v) is 5.61. The molecule has 2 aromatic heterocycles. The number of aromatic nitrogens is 2. The van der Waals surface area contributed by atoms with E-state index in [9.17, 15) is 0 Å². The summed E-state index contributed by atoms with van der Waals surface area (Å²) in [6, 6.07) is 4.02. The van der Waals surface area contributed by atoms with Crippen molar-refractivity contribution in [2.75, 3.05) is 13.2 Å². The van der Waals surface area contributed by atoms with E-state index in [4.69, 9.17) is 5.11 Å². The van der Waals surface area contributed by atoms with E-state index >= 15 is 0 Å². The van der Waals surface area contributed by atoms with Crippen LogP contribution in [-0.4, -0.2) is 27.8 Å². The van der Waals surface area contributed by atoms with E-state index in [0.717, 1.165) is 24.1 Å². The Morgan fingerprint density at radius 2 is 2.38 bits per heavy atom. The van der Waals surface area contributed by atoms with Gasteiger partial charge in [-0.2, -0.15) is 0 Å². The first-order valence-electron chi connectivity index (χ1n) is 5.61. The van der Waals surface area contributed by atoms with Gasteiger partial charge in [0.05, 0.1) is 6.61 Å². The molecule has 86 valence electrons. The highest BCUT2D eigenvalue weighted by Gasteiger charge is 2.07. The van der Waals surface area contributed by atoms with E-state index in [0.29, 0.717) is 6.54 Å². The molecule has 2 aromatic rings. The first-order chi connectivity index (χ1) is 7.86. The predicted molar refractivity (Wildman–Crippen MR) is 64.2 cm³/mol. The standard InChI is InChI=1S/C12H17N3O/c1-2-13-8-10-9-15(6-7-16)12-11(10)4-3-5-14-12/h3-5,9,13,16H,2,6-8H2,1H3. The summed E-state index contributed by atoms with van der Waals surface area (Å²) in [6.07, 6.45) is 3.85. The number of nitrogens with zero attached hydrogens (tertiary/aromatic N) is 2. The van der Waals surface area contributed by atoms with Crippen LogP contribution in [0.5, 0.6) is 0 Å². The van der Waals surface area contributed by atoms with Crippen molar-refractivity contribution < 1.29 is 5.11 Å². The van der Waals surface area contributed by atoms with Gasteiger partial charge in [-0.3, -0.25) is 0 Å². The molecular weight excluding hydrogens is 202 g/mol. The van der Waals surface area contributed by atoms with Crippen molar-refractivity contribution in [1.82, 2.24) is 14.9 Å². The molecule has 0 aliphatic heterocycles. The van der Waals surface area contributed by atoms with Crippen LogP contribution in [0.1, 0.15) is 12.5 Å². The Kier molecular flexibility index (Phi) is 3.54. The number of aliphatic hydroxyl groups excluding tert-OH is 1. The third-order valence-corrected chi connectivity index (χ3v) is 2.62. The molecule has 4 heteroatoms. The molecule has 0 unspecified atom stereocenters. The average molecular weight is 219 g/mol. The second kappa shape index (κ2) is 5.09. The van der Waals surface area contributed by atoms with Crippen molar-refractivity contribution in [1.29, 1.82) is 0 Å². The molecule has 0 spiro atoms. The van der Waals surface area contributed by atoms with E-state index in [-0.39, 0.29) is 6.61 Å². The molecule has 0 saturated heterocycles. The number of hydrogen-bond donors (Lipinski definition) is 2.